The van der Waals surface area contributed by atoms with Crippen molar-refractivity contribution >= 4 is 15.7 Å². The van der Waals surface area contributed by atoms with Crippen molar-refractivity contribution in [2.45, 2.75) is 18.0 Å². The highest BCUT2D eigenvalue weighted by Crippen LogP contribution is 2.34. The Hall–Kier alpha value is -1.35. The molecule has 122 valence electrons. The van der Waals surface area contributed by atoms with Gasteiger partial charge in [-0.3, -0.25) is 0 Å². The van der Waals surface area contributed by atoms with Crippen molar-refractivity contribution in [3.8, 4) is 0 Å². The van der Waals surface area contributed by atoms with E-state index in [2.05, 4.69) is 4.98 Å². The van der Waals surface area contributed by atoms with Crippen molar-refractivity contribution in [2.75, 3.05) is 37.3 Å². The minimum absolute atomic E-state index is 0.0605. The zero-order chi connectivity index (χ0) is 16.1. The number of rotatable bonds is 0. The first-order valence-electron chi connectivity index (χ1n) is 6.87. The molecule has 1 fully saturated rings. The first kappa shape index (κ1) is 15.5. The van der Waals surface area contributed by atoms with E-state index >= 15 is 0 Å². The summed E-state index contributed by atoms with van der Waals surface area (Å²) in [5.74, 6) is -0.0856. The van der Waals surface area contributed by atoms with E-state index in [-0.39, 0.29) is 17.4 Å². The molecule has 0 saturated carbocycles. The SMILES string of the molecule is CN1CCN2c3ncc(C(F)(F)F)cc3CS(=O)(=O)C[C@H]2C1. The normalized spacial score (nSPS) is 25.3. The third-order valence-electron chi connectivity index (χ3n) is 4.05. The van der Waals surface area contributed by atoms with Gasteiger partial charge < -0.3 is 9.80 Å². The molecule has 0 spiro atoms. The highest BCUT2D eigenvalue weighted by Gasteiger charge is 2.38. The molecule has 0 aliphatic carbocycles. The number of halogens is 3. The molecule has 2 aliphatic rings. The second-order valence-electron chi connectivity index (χ2n) is 5.87. The van der Waals surface area contributed by atoms with Gasteiger partial charge in [0.15, 0.2) is 9.84 Å². The lowest BCUT2D eigenvalue weighted by Gasteiger charge is -2.39. The zero-order valence-corrected chi connectivity index (χ0v) is 12.8. The van der Waals surface area contributed by atoms with Crippen molar-refractivity contribution in [1.29, 1.82) is 0 Å². The number of fused-ring (bicyclic) bond motifs is 3. The van der Waals surface area contributed by atoms with Gasteiger partial charge in [-0.15, -0.1) is 0 Å². The number of aromatic nitrogens is 1. The van der Waals surface area contributed by atoms with E-state index in [1.54, 1.807) is 0 Å². The Bertz CT molecular complexity index is 690. The van der Waals surface area contributed by atoms with Crippen LogP contribution in [0.2, 0.25) is 0 Å². The van der Waals surface area contributed by atoms with Gasteiger partial charge in [-0.05, 0) is 13.1 Å². The van der Waals surface area contributed by atoms with Crippen LogP contribution in [-0.2, 0) is 21.8 Å². The molecule has 0 bridgehead atoms. The van der Waals surface area contributed by atoms with Gasteiger partial charge in [-0.2, -0.15) is 13.2 Å². The molecule has 2 aliphatic heterocycles. The van der Waals surface area contributed by atoms with Crippen LogP contribution in [0.25, 0.3) is 0 Å². The van der Waals surface area contributed by atoms with Crippen molar-refractivity contribution in [3.05, 3.63) is 23.4 Å². The molecule has 0 amide bonds. The van der Waals surface area contributed by atoms with Crippen molar-refractivity contribution in [1.82, 2.24) is 9.88 Å². The molecule has 22 heavy (non-hydrogen) atoms. The van der Waals surface area contributed by atoms with Gasteiger partial charge in [0.05, 0.1) is 23.1 Å². The van der Waals surface area contributed by atoms with Gasteiger partial charge in [0.1, 0.15) is 5.82 Å². The summed E-state index contributed by atoms with van der Waals surface area (Å²) in [6.07, 6.45) is -3.74. The molecule has 1 aromatic rings. The average molecular weight is 335 g/mol. The molecule has 5 nitrogen and oxygen atoms in total. The van der Waals surface area contributed by atoms with E-state index in [0.29, 0.717) is 18.9 Å². The second kappa shape index (κ2) is 5.09. The number of hydrogen-bond acceptors (Lipinski definition) is 5. The predicted molar refractivity (Wildman–Crippen MR) is 75.4 cm³/mol. The topological polar surface area (TPSA) is 53.5 Å². The number of hydrogen-bond donors (Lipinski definition) is 0. The standard InChI is InChI=1S/C13H16F3N3O2S/c1-18-2-3-19-11(6-18)8-22(20,21)7-9-4-10(13(14,15)16)5-17-12(9)19/h4-5,11H,2-3,6-8H2,1H3/t11-/m1/s1. The predicted octanol–water partition coefficient (Wildman–Crippen LogP) is 1.15. The lowest BCUT2D eigenvalue weighted by atomic mass is 10.1. The van der Waals surface area contributed by atoms with E-state index in [1.807, 2.05) is 16.8 Å². The Morgan fingerprint density at radius 2 is 2.05 bits per heavy atom. The molecule has 0 unspecified atom stereocenters. The Labute approximate surface area is 126 Å². The molecule has 1 atom stereocenters. The van der Waals surface area contributed by atoms with E-state index in [9.17, 15) is 21.6 Å². The number of piperazine rings is 1. The smallest absolute Gasteiger partial charge is 0.350 e. The summed E-state index contributed by atoms with van der Waals surface area (Å²) >= 11 is 0. The minimum atomic E-state index is -4.53. The molecule has 9 heteroatoms. The summed E-state index contributed by atoms with van der Waals surface area (Å²) in [7, 11) is -1.57. The van der Waals surface area contributed by atoms with Crippen LogP contribution in [0.15, 0.2) is 12.3 Å². The number of alkyl halides is 3. The fourth-order valence-electron chi connectivity index (χ4n) is 3.04. The second-order valence-corrected chi connectivity index (χ2v) is 7.98. The summed E-state index contributed by atoms with van der Waals surface area (Å²) in [5.41, 5.74) is -0.768. The van der Waals surface area contributed by atoms with Crippen LogP contribution in [0.5, 0.6) is 0 Å². The lowest BCUT2D eigenvalue weighted by Crippen LogP contribution is -2.54. The Balaban J connectivity index is 2.08. The number of nitrogens with zero attached hydrogens (tertiary/aromatic N) is 3. The summed E-state index contributed by atoms with van der Waals surface area (Å²) in [6.45, 7) is 1.84. The molecule has 0 aromatic carbocycles. The third kappa shape index (κ3) is 2.91. The fraction of sp³-hybridized carbons (Fsp3) is 0.615. The van der Waals surface area contributed by atoms with Gasteiger partial charge in [0.2, 0.25) is 0 Å². The molecule has 1 saturated heterocycles. The van der Waals surface area contributed by atoms with Gasteiger partial charge in [0, 0.05) is 31.4 Å². The van der Waals surface area contributed by atoms with Crippen LogP contribution in [0.3, 0.4) is 0 Å². The van der Waals surface area contributed by atoms with Crippen LogP contribution in [0, 0.1) is 0 Å². The Morgan fingerprint density at radius 1 is 1.32 bits per heavy atom. The Kier molecular flexibility index (Phi) is 3.59. The van der Waals surface area contributed by atoms with Gasteiger partial charge in [0.25, 0.3) is 0 Å². The van der Waals surface area contributed by atoms with Crippen LogP contribution >= 0.6 is 0 Å². The van der Waals surface area contributed by atoms with Crippen molar-refractivity contribution < 1.29 is 21.6 Å². The number of sulfone groups is 1. The van der Waals surface area contributed by atoms with Gasteiger partial charge in [-0.25, -0.2) is 13.4 Å². The van der Waals surface area contributed by atoms with Gasteiger partial charge in [-0.1, -0.05) is 0 Å². The van der Waals surface area contributed by atoms with Crippen LogP contribution in [0.1, 0.15) is 11.1 Å². The van der Waals surface area contributed by atoms with Crippen LogP contribution in [-0.4, -0.2) is 56.8 Å². The molecule has 0 radical (unpaired) electrons. The zero-order valence-electron chi connectivity index (χ0n) is 12.0. The maximum atomic E-state index is 12.8. The lowest BCUT2D eigenvalue weighted by molar-refractivity contribution is -0.137. The largest absolute Gasteiger partial charge is 0.417 e. The average Bonchev–Trinajstić information content (AvgIpc) is 2.47. The highest BCUT2D eigenvalue weighted by atomic mass is 32.2. The Morgan fingerprint density at radius 3 is 2.73 bits per heavy atom. The summed E-state index contributed by atoms with van der Waals surface area (Å²) in [4.78, 5) is 7.80. The fourth-order valence-corrected chi connectivity index (χ4v) is 4.72. The summed E-state index contributed by atoms with van der Waals surface area (Å²) in [5, 5.41) is 0. The maximum absolute atomic E-state index is 12.8. The number of likely N-dealkylation sites (N-methyl/N-ethyl adjacent to an activating group) is 1. The highest BCUT2D eigenvalue weighted by molar-refractivity contribution is 7.90. The minimum Gasteiger partial charge on any atom is -0.350 e. The van der Waals surface area contributed by atoms with E-state index in [1.165, 1.54) is 0 Å². The summed E-state index contributed by atoms with van der Waals surface area (Å²) in [6, 6.07) is 0.648. The van der Waals surface area contributed by atoms with E-state index in [0.717, 1.165) is 18.8 Å². The molecule has 0 N–H and O–H groups in total. The quantitative estimate of drug-likeness (QED) is 0.712. The van der Waals surface area contributed by atoms with Crippen molar-refractivity contribution in [2.24, 2.45) is 0 Å². The number of pyridine rings is 1. The molecule has 3 rings (SSSR count). The molecule has 3 heterocycles. The summed E-state index contributed by atoms with van der Waals surface area (Å²) < 4.78 is 62.9. The number of anilines is 1. The van der Waals surface area contributed by atoms with Crippen LogP contribution in [0.4, 0.5) is 19.0 Å². The van der Waals surface area contributed by atoms with Crippen molar-refractivity contribution in [3.63, 3.8) is 0 Å². The first-order valence-corrected chi connectivity index (χ1v) is 8.69. The monoisotopic (exact) mass is 335 g/mol. The third-order valence-corrected chi connectivity index (χ3v) is 5.69. The van der Waals surface area contributed by atoms with E-state index < -0.39 is 27.3 Å². The molecule has 1 aromatic heterocycles. The van der Waals surface area contributed by atoms with Gasteiger partial charge >= 0.3 is 6.18 Å². The molecular weight excluding hydrogens is 319 g/mol. The maximum Gasteiger partial charge on any atom is 0.417 e. The molecular formula is C13H16F3N3O2S. The van der Waals surface area contributed by atoms with E-state index in [4.69, 9.17) is 0 Å². The first-order chi connectivity index (χ1) is 10.2. The van der Waals surface area contributed by atoms with Crippen LogP contribution < -0.4 is 4.90 Å².